The Bertz CT molecular complexity index is 590. The summed E-state index contributed by atoms with van der Waals surface area (Å²) in [5, 5.41) is 0.601. The van der Waals surface area contributed by atoms with Gasteiger partial charge in [-0.3, -0.25) is 4.98 Å². The zero-order valence-electron chi connectivity index (χ0n) is 9.99. The van der Waals surface area contributed by atoms with Gasteiger partial charge in [-0.1, -0.05) is 11.6 Å². The van der Waals surface area contributed by atoms with Gasteiger partial charge < -0.3 is 9.30 Å². The summed E-state index contributed by atoms with van der Waals surface area (Å²) >= 11 is 12.3. The number of halogens is 2. The lowest BCUT2D eigenvalue weighted by molar-refractivity contribution is 0.162. The van der Waals surface area contributed by atoms with Crippen LogP contribution in [-0.4, -0.2) is 27.7 Å². The van der Waals surface area contributed by atoms with Crippen LogP contribution >= 0.6 is 23.2 Å². The molecule has 4 nitrogen and oxygen atoms in total. The molecule has 18 heavy (non-hydrogen) atoms. The number of pyridine rings is 1. The van der Waals surface area contributed by atoms with Crippen LogP contribution in [0.4, 0.5) is 0 Å². The van der Waals surface area contributed by atoms with Crippen molar-refractivity contribution in [1.29, 1.82) is 0 Å². The molecule has 0 radical (unpaired) electrons. The minimum atomic E-state index is -0.135. The van der Waals surface area contributed by atoms with Crippen molar-refractivity contribution >= 4 is 34.2 Å². The number of rotatable bonds is 2. The first-order valence-electron chi connectivity index (χ1n) is 5.81. The van der Waals surface area contributed by atoms with Crippen LogP contribution < -0.4 is 0 Å². The number of fused-ring (bicyclic) bond motifs is 1. The van der Waals surface area contributed by atoms with E-state index in [2.05, 4.69) is 21.5 Å². The molecule has 0 N–H and O–H groups in total. The lowest BCUT2D eigenvalue weighted by atomic mass is 10.0. The molecule has 1 unspecified atom stereocenters. The van der Waals surface area contributed by atoms with E-state index in [0.29, 0.717) is 17.5 Å². The Kier molecular flexibility index (Phi) is 2.96. The van der Waals surface area contributed by atoms with Crippen LogP contribution in [0.15, 0.2) is 12.4 Å². The van der Waals surface area contributed by atoms with Gasteiger partial charge in [0.15, 0.2) is 0 Å². The molecular formula is C12H13Cl2N3O. The van der Waals surface area contributed by atoms with Crippen molar-refractivity contribution in [2.75, 3.05) is 13.2 Å². The fraction of sp³-hybridized carbons (Fsp3) is 0.500. The zero-order chi connectivity index (χ0) is 12.8. The molecule has 2 aromatic heterocycles. The molecule has 0 aliphatic carbocycles. The third-order valence-electron chi connectivity index (χ3n) is 3.44. The van der Waals surface area contributed by atoms with E-state index in [-0.39, 0.29) is 5.54 Å². The molecule has 3 rings (SSSR count). The molecule has 1 atom stereocenters. The van der Waals surface area contributed by atoms with Gasteiger partial charge in [0, 0.05) is 12.8 Å². The summed E-state index contributed by atoms with van der Waals surface area (Å²) in [6.45, 7) is 3.55. The lowest BCUT2D eigenvalue weighted by Gasteiger charge is -2.27. The first-order chi connectivity index (χ1) is 8.65. The Hall–Kier alpha value is -0.840. The van der Waals surface area contributed by atoms with Crippen LogP contribution in [0.5, 0.6) is 0 Å². The maximum Gasteiger partial charge on any atom is 0.125 e. The number of ether oxygens (including phenoxy) is 1. The first kappa shape index (κ1) is 12.2. The Balaban J connectivity index is 2.31. The summed E-state index contributed by atoms with van der Waals surface area (Å²) in [7, 11) is 0. The fourth-order valence-electron chi connectivity index (χ4n) is 2.54. The van der Waals surface area contributed by atoms with Gasteiger partial charge in [-0.15, -0.1) is 11.6 Å². The molecule has 6 heteroatoms. The SMILES string of the molecule is CC1(n2c(CCl)nc3cncc(Cl)c32)CCOC1. The summed E-state index contributed by atoms with van der Waals surface area (Å²) in [6, 6.07) is 0. The second kappa shape index (κ2) is 4.37. The Morgan fingerprint density at radius 2 is 2.33 bits per heavy atom. The van der Waals surface area contributed by atoms with E-state index in [0.717, 1.165) is 29.9 Å². The minimum Gasteiger partial charge on any atom is -0.379 e. The van der Waals surface area contributed by atoms with E-state index in [1.54, 1.807) is 12.4 Å². The van der Waals surface area contributed by atoms with Gasteiger partial charge in [0.1, 0.15) is 11.3 Å². The van der Waals surface area contributed by atoms with Gasteiger partial charge in [0.25, 0.3) is 0 Å². The number of hydrogen-bond acceptors (Lipinski definition) is 3. The summed E-state index contributed by atoms with van der Waals surface area (Å²) < 4.78 is 7.64. The molecule has 1 saturated heterocycles. The number of aromatic nitrogens is 3. The Morgan fingerprint density at radius 3 is 3.00 bits per heavy atom. The van der Waals surface area contributed by atoms with Crippen molar-refractivity contribution in [1.82, 2.24) is 14.5 Å². The highest BCUT2D eigenvalue weighted by molar-refractivity contribution is 6.34. The number of hydrogen-bond donors (Lipinski definition) is 0. The highest BCUT2D eigenvalue weighted by atomic mass is 35.5. The maximum atomic E-state index is 6.27. The largest absolute Gasteiger partial charge is 0.379 e. The highest BCUT2D eigenvalue weighted by Crippen LogP contribution is 2.35. The molecule has 0 amide bonds. The smallest absolute Gasteiger partial charge is 0.125 e. The predicted molar refractivity (Wildman–Crippen MR) is 71.2 cm³/mol. The predicted octanol–water partition coefficient (Wildman–Crippen LogP) is 2.96. The van der Waals surface area contributed by atoms with Crippen molar-refractivity contribution in [3.05, 3.63) is 23.2 Å². The van der Waals surface area contributed by atoms with Gasteiger partial charge in [-0.25, -0.2) is 4.98 Å². The van der Waals surface area contributed by atoms with Crippen LogP contribution in [0.2, 0.25) is 5.02 Å². The molecule has 0 spiro atoms. The molecule has 0 aromatic carbocycles. The standard InChI is InChI=1S/C12H13Cl2N3O/c1-12(2-3-18-7-12)17-10(4-13)16-9-6-15-5-8(14)11(9)17/h5-6H,2-4,7H2,1H3. The van der Waals surface area contributed by atoms with Crippen molar-refractivity contribution in [2.24, 2.45) is 0 Å². The molecule has 1 fully saturated rings. The number of imidazole rings is 1. The van der Waals surface area contributed by atoms with Crippen LogP contribution in [-0.2, 0) is 16.2 Å². The number of alkyl halides is 1. The Morgan fingerprint density at radius 1 is 1.50 bits per heavy atom. The molecule has 3 heterocycles. The highest BCUT2D eigenvalue weighted by Gasteiger charge is 2.35. The summed E-state index contributed by atoms with van der Waals surface area (Å²) in [4.78, 5) is 8.58. The average Bonchev–Trinajstić information content (AvgIpc) is 2.94. The normalized spacial score (nSPS) is 23.9. The van der Waals surface area contributed by atoms with E-state index in [1.807, 2.05) is 0 Å². The summed E-state index contributed by atoms with van der Waals surface area (Å²) in [5.74, 6) is 1.16. The van der Waals surface area contributed by atoms with E-state index in [1.165, 1.54) is 0 Å². The van der Waals surface area contributed by atoms with E-state index in [9.17, 15) is 0 Å². The topological polar surface area (TPSA) is 39.9 Å². The van der Waals surface area contributed by atoms with E-state index in [4.69, 9.17) is 27.9 Å². The second-order valence-corrected chi connectivity index (χ2v) is 5.46. The quantitative estimate of drug-likeness (QED) is 0.797. The monoisotopic (exact) mass is 285 g/mol. The van der Waals surface area contributed by atoms with Crippen molar-refractivity contribution in [2.45, 2.75) is 24.8 Å². The molecule has 1 aliphatic heterocycles. The Labute approximate surface area is 115 Å². The van der Waals surface area contributed by atoms with Crippen LogP contribution in [0.1, 0.15) is 19.2 Å². The van der Waals surface area contributed by atoms with E-state index < -0.39 is 0 Å². The minimum absolute atomic E-state index is 0.135. The zero-order valence-corrected chi connectivity index (χ0v) is 11.5. The molecule has 0 saturated carbocycles. The number of nitrogens with zero attached hydrogens (tertiary/aromatic N) is 3. The van der Waals surface area contributed by atoms with Crippen molar-refractivity contribution in [3.63, 3.8) is 0 Å². The van der Waals surface area contributed by atoms with Crippen molar-refractivity contribution in [3.8, 4) is 0 Å². The lowest BCUT2D eigenvalue weighted by Crippen LogP contribution is -2.31. The summed E-state index contributed by atoms with van der Waals surface area (Å²) in [5.41, 5.74) is 1.55. The fourth-order valence-corrected chi connectivity index (χ4v) is 2.96. The van der Waals surface area contributed by atoms with Crippen LogP contribution in [0, 0.1) is 0 Å². The van der Waals surface area contributed by atoms with Gasteiger partial charge in [0.05, 0.1) is 34.8 Å². The van der Waals surface area contributed by atoms with Gasteiger partial charge in [-0.05, 0) is 13.3 Å². The molecule has 96 valence electrons. The van der Waals surface area contributed by atoms with Crippen LogP contribution in [0.25, 0.3) is 11.0 Å². The van der Waals surface area contributed by atoms with Gasteiger partial charge in [0.2, 0.25) is 0 Å². The van der Waals surface area contributed by atoms with Crippen molar-refractivity contribution < 1.29 is 4.74 Å². The average molecular weight is 286 g/mol. The molecule has 1 aliphatic rings. The first-order valence-corrected chi connectivity index (χ1v) is 6.72. The van der Waals surface area contributed by atoms with E-state index >= 15 is 0 Å². The molecule has 0 bridgehead atoms. The molecular weight excluding hydrogens is 273 g/mol. The summed E-state index contributed by atoms with van der Waals surface area (Å²) in [6.07, 6.45) is 4.28. The second-order valence-electron chi connectivity index (χ2n) is 4.79. The third-order valence-corrected chi connectivity index (χ3v) is 3.96. The third kappa shape index (κ3) is 1.71. The maximum absolute atomic E-state index is 6.27. The molecule has 2 aromatic rings. The van der Waals surface area contributed by atoms with Gasteiger partial charge >= 0.3 is 0 Å². The van der Waals surface area contributed by atoms with Crippen LogP contribution in [0.3, 0.4) is 0 Å². The van der Waals surface area contributed by atoms with Gasteiger partial charge in [-0.2, -0.15) is 0 Å².